The molecule has 3 heteroatoms. The molecule has 0 amide bonds. The van der Waals surface area contributed by atoms with Gasteiger partial charge < -0.3 is 5.32 Å². The quantitative estimate of drug-likeness (QED) is 0.683. The van der Waals surface area contributed by atoms with Crippen LogP contribution in [-0.2, 0) is 0 Å². The summed E-state index contributed by atoms with van der Waals surface area (Å²) >= 11 is 9.76. The number of halogens is 2. The summed E-state index contributed by atoms with van der Waals surface area (Å²) in [5.41, 5.74) is 1.34. The van der Waals surface area contributed by atoms with Crippen molar-refractivity contribution < 1.29 is 0 Å². The fourth-order valence-corrected chi connectivity index (χ4v) is 3.62. The molecule has 1 aliphatic carbocycles. The van der Waals surface area contributed by atoms with Crippen LogP contribution in [0.5, 0.6) is 0 Å². The van der Waals surface area contributed by atoms with E-state index in [1.807, 2.05) is 0 Å². The van der Waals surface area contributed by atoms with Crippen molar-refractivity contribution in [3.05, 3.63) is 33.3 Å². The first-order valence-electron chi connectivity index (χ1n) is 7.80. The molecule has 0 aliphatic heterocycles. The summed E-state index contributed by atoms with van der Waals surface area (Å²) in [4.78, 5) is 0. The van der Waals surface area contributed by atoms with Gasteiger partial charge in [0.2, 0.25) is 0 Å². The Morgan fingerprint density at radius 2 is 2.00 bits per heavy atom. The van der Waals surface area contributed by atoms with E-state index in [0.29, 0.717) is 6.04 Å². The van der Waals surface area contributed by atoms with Crippen molar-refractivity contribution in [2.24, 2.45) is 11.8 Å². The lowest BCUT2D eigenvalue weighted by Gasteiger charge is -2.34. The molecular formula is C17H25BrClN. The van der Waals surface area contributed by atoms with Crippen LogP contribution in [0.25, 0.3) is 0 Å². The van der Waals surface area contributed by atoms with Crippen molar-refractivity contribution in [2.75, 3.05) is 6.54 Å². The van der Waals surface area contributed by atoms with E-state index in [1.54, 1.807) is 0 Å². The van der Waals surface area contributed by atoms with E-state index in [9.17, 15) is 0 Å². The third-order valence-corrected chi connectivity index (χ3v) is 5.68. The van der Waals surface area contributed by atoms with Gasteiger partial charge in [0.05, 0.1) is 5.02 Å². The van der Waals surface area contributed by atoms with Gasteiger partial charge in [-0.25, -0.2) is 0 Å². The molecule has 0 saturated heterocycles. The predicted octanol–water partition coefficient (Wildman–Crippen LogP) is 5.97. The topological polar surface area (TPSA) is 12.0 Å². The van der Waals surface area contributed by atoms with Gasteiger partial charge in [0, 0.05) is 10.5 Å². The lowest BCUT2D eigenvalue weighted by Crippen LogP contribution is -2.31. The monoisotopic (exact) mass is 357 g/mol. The Hall–Kier alpha value is -0.0500. The molecule has 112 valence electrons. The van der Waals surface area contributed by atoms with Crippen LogP contribution in [0.2, 0.25) is 5.02 Å². The summed E-state index contributed by atoms with van der Waals surface area (Å²) in [7, 11) is 0. The van der Waals surface area contributed by atoms with Crippen LogP contribution in [0.3, 0.4) is 0 Å². The first kappa shape index (κ1) is 16.3. The van der Waals surface area contributed by atoms with Crippen molar-refractivity contribution in [1.82, 2.24) is 5.32 Å². The summed E-state index contributed by atoms with van der Waals surface area (Å²) in [6.45, 7) is 5.67. The van der Waals surface area contributed by atoms with Gasteiger partial charge in [-0.1, -0.05) is 44.4 Å². The van der Waals surface area contributed by atoms with Gasteiger partial charge in [0.15, 0.2) is 0 Å². The smallest absolute Gasteiger partial charge is 0.0551 e. The van der Waals surface area contributed by atoms with Crippen LogP contribution >= 0.6 is 27.5 Å². The maximum absolute atomic E-state index is 6.28. The molecular weight excluding hydrogens is 334 g/mol. The fourth-order valence-electron chi connectivity index (χ4n) is 3.18. The third-order valence-electron chi connectivity index (χ3n) is 4.45. The largest absolute Gasteiger partial charge is 0.310 e. The van der Waals surface area contributed by atoms with Gasteiger partial charge in [-0.3, -0.25) is 0 Å². The summed E-state index contributed by atoms with van der Waals surface area (Å²) in [6, 6.07) is 6.86. The maximum Gasteiger partial charge on any atom is 0.0551 e. The number of benzene rings is 1. The molecule has 1 unspecified atom stereocenters. The second kappa shape index (κ2) is 7.82. The average molecular weight is 359 g/mol. The highest BCUT2D eigenvalue weighted by Gasteiger charge is 2.27. The summed E-state index contributed by atoms with van der Waals surface area (Å²) in [5, 5.41) is 4.56. The van der Waals surface area contributed by atoms with E-state index in [0.717, 1.165) is 27.9 Å². The zero-order valence-electron chi connectivity index (χ0n) is 12.5. The molecule has 1 aliphatic rings. The van der Waals surface area contributed by atoms with Gasteiger partial charge in [-0.05, 0) is 71.3 Å². The Bertz CT molecular complexity index is 427. The number of hydrogen-bond donors (Lipinski definition) is 1. The Balaban J connectivity index is 2.15. The third kappa shape index (κ3) is 4.22. The molecule has 1 fully saturated rings. The van der Waals surface area contributed by atoms with E-state index in [2.05, 4.69) is 53.3 Å². The molecule has 0 radical (unpaired) electrons. The van der Waals surface area contributed by atoms with E-state index in [-0.39, 0.29) is 0 Å². The Morgan fingerprint density at radius 3 is 2.60 bits per heavy atom. The molecule has 0 heterocycles. The van der Waals surface area contributed by atoms with Crippen LogP contribution in [0.4, 0.5) is 0 Å². The molecule has 0 aromatic heterocycles. The number of rotatable bonds is 5. The van der Waals surface area contributed by atoms with E-state index in [4.69, 9.17) is 11.6 Å². The first-order valence-corrected chi connectivity index (χ1v) is 8.97. The normalized spacial score (nSPS) is 24.6. The molecule has 1 nitrogen and oxygen atoms in total. The molecule has 0 bridgehead atoms. The molecule has 2 rings (SSSR count). The lowest BCUT2D eigenvalue weighted by atomic mass is 9.77. The summed E-state index contributed by atoms with van der Waals surface area (Å²) in [5.74, 6) is 1.64. The summed E-state index contributed by atoms with van der Waals surface area (Å²) in [6.07, 6.45) is 6.55. The van der Waals surface area contributed by atoms with Crippen LogP contribution < -0.4 is 5.32 Å². The van der Waals surface area contributed by atoms with Gasteiger partial charge in [-0.15, -0.1) is 0 Å². The standard InChI is InChI=1S/C17H25BrClN/c1-3-10-20-17(13-6-4-12(2)5-7-13)14-8-9-15(18)16(19)11-14/h8-9,11-13,17,20H,3-7,10H2,1-2H3. The Morgan fingerprint density at radius 1 is 1.30 bits per heavy atom. The lowest BCUT2D eigenvalue weighted by molar-refractivity contribution is 0.231. The minimum absolute atomic E-state index is 0.452. The Labute approximate surface area is 136 Å². The van der Waals surface area contributed by atoms with Crippen molar-refractivity contribution >= 4 is 27.5 Å². The second-order valence-corrected chi connectivity index (χ2v) is 7.39. The molecule has 1 aromatic rings. The highest BCUT2D eigenvalue weighted by molar-refractivity contribution is 9.10. The number of nitrogens with one attached hydrogen (secondary N) is 1. The van der Waals surface area contributed by atoms with E-state index in [1.165, 1.54) is 37.7 Å². The molecule has 1 N–H and O–H groups in total. The van der Waals surface area contributed by atoms with Crippen LogP contribution in [0.15, 0.2) is 22.7 Å². The minimum atomic E-state index is 0.452. The molecule has 1 atom stereocenters. The van der Waals surface area contributed by atoms with Crippen molar-refractivity contribution in [1.29, 1.82) is 0 Å². The van der Waals surface area contributed by atoms with Crippen molar-refractivity contribution in [3.8, 4) is 0 Å². The van der Waals surface area contributed by atoms with Gasteiger partial charge >= 0.3 is 0 Å². The number of hydrogen-bond acceptors (Lipinski definition) is 1. The molecule has 1 aromatic carbocycles. The van der Waals surface area contributed by atoms with Crippen LogP contribution in [0.1, 0.15) is 57.6 Å². The zero-order chi connectivity index (χ0) is 14.5. The minimum Gasteiger partial charge on any atom is -0.310 e. The van der Waals surface area contributed by atoms with Crippen LogP contribution in [-0.4, -0.2) is 6.54 Å². The zero-order valence-corrected chi connectivity index (χ0v) is 14.8. The van der Waals surface area contributed by atoms with Crippen LogP contribution in [0, 0.1) is 11.8 Å². The molecule has 0 spiro atoms. The molecule has 1 saturated carbocycles. The highest BCUT2D eigenvalue weighted by Crippen LogP contribution is 2.38. The molecule has 20 heavy (non-hydrogen) atoms. The SMILES string of the molecule is CCCNC(c1ccc(Br)c(Cl)c1)C1CCC(C)CC1. The summed E-state index contributed by atoms with van der Waals surface area (Å²) < 4.78 is 0.981. The average Bonchev–Trinajstić information content (AvgIpc) is 2.45. The van der Waals surface area contributed by atoms with Gasteiger partial charge in [0.1, 0.15) is 0 Å². The van der Waals surface area contributed by atoms with E-state index < -0.39 is 0 Å². The van der Waals surface area contributed by atoms with Gasteiger partial charge in [0.25, 0.3) is 0 Å². The Kier molecular flexibility index (Phi) is 6.38. The van der Waals surface area contributed by atoms with Gasteiger partial charge in [-0.2, -0.15) is 0 Å². The second-order valence-electron chi connectivity index (χ2n) is 6.13. The van der Waals surface area contributed by atoms with Crippen molar-refractivity contribution in [2.45, 2.75) is 52.0 Å². The predicted molar refractivity (Wildman–Crippen MR) is 91.3 cm³/mol. The van der Waals surface area contributed by atoms with E-state index >= 15 is 0 Å². The fraction of sp³-hybridized carbons (Fsp3) is 0.647. The maximum atomic E-state index is 6.28. The first-order chi connectivity index (χ1) is 9.61. The highest BCUT2D eigenvalue weighted by atomic mass is 79.9. The van der Waals surface area contributed by atoms with Crippen molar-refractivity contribution in [3.63, 3.8) is 0 Å².